The van der Waals surface area contributed by atoms with Crippen molar-refractivity contribution in [1.82, 2.24) is 16.0 Å². The summed E-state index contributed by atoms with van der Waals surface area (Å²) < 4.78 is 5.20. The van der Waals surface area contributed by atoms with Crippen LogP contribution in [0.5, 0.6) is 0 Å². The van der Waals surface area contributed by atoms with Gasteiger partial charge in [-0.2, -0.15) is 0 Å². The van der Waals surface area contributed by atoms with Gasteiger partial charge in [-0.05, 0) is 49.4 Å². The van der Waals surface area contributed by atoms with Crippen LogP contribution >= 0.6 is 0 Å². The Balaban J connectivity index is 1.58. The van der Waals surface area contributed by atoms with Gasteiger partial charge in [0.1, 0.15) is 12.6 Å². The van der Waals surface area contributed by atoms with Crippen LogP contribution in [0.1, 0.15) is 48.0 Å². The van der Waals surface area contributed by atoms with Crippen LogP contribution in [0.25, 0.3) is 0 Å². The number of carboxylic acids is 1. The van der Waals surface area contributed by atoms with E-state index in [0.29, 0.717) is 31.2 Å². The summed E-state index contributed by atoms with van der Waals surface area (Å²) in [7, 11) is 3.73. The normalized spacial score (nSPS) is 17.2. The van der Waals surface area contributed by atoms with Crippen LogP contribution in [0.4, 0.5) is 10.5 Å². The summed E-state index contributed by atoms with van der Waals surface area (Å²) in [4.78, 5) is 51.6. The molecule has 3 rings (SSSR count). The molecule has 0 aliphatic heterocycles. The van der Waals surface area contributed by atoms with E-state index < -0.39 is 41.9 Å². The highest BCUT2D eigenvalue weighted by Crippen LogP contribution is 2.26. The lowest BCUT2D eigenvalue weighted by atomic mass is 10.0. The molecule has 2 aromatic carbocycles. The summed E-state index contributed by atoms with van der Waals surface area (Å²) in [5.41, 5.74) is 2.11. The summed E-state index contributed by atoms with van der Waals surface area (Å²) in [6, 6.07) is 14.9. The minimum Gasteiger partial charge on any atom is -0.481 e. The molecule has 1 fully saturated rings. The summed E-state index contributed by atoms with van der Waals surface area (Å²) in [6.45, 7) is 0.385. The van der Waals surface area contributed by atoms with Gasteiger partial charge in [0, 0.05) is 37.9 Å². The van der Waals surface area contributed by atoms with Gasteiger partial charge >= 0.3 is 12.1 Å². The van der Waals surface area contributed by atoms with E-state index in [0.717, 1.165) is 11.3 Å². The Bertz CT molecular complexity index is 1110. The molecule has 38 heavy (non-hydrogen) atoms. The van der Waals surface area contributed by atoms with E-state index in [9.17, 15) is 24.3 Å². The van der Waals surface area contributed by atoms with Crippen molar-refractivity contribution in [3.63, 3.8) is 0 Å². The van der Waals surface area contributed by atoms with E-state index in [1.54, 1.807) is 18.2 Å². The van der Waals surface area contributed by atoms with Crippen molar-refractivity contribution in [3.05, 3.63) is 65.7 Å². The van der Waals surface area contributed by atoms with E-state index in [1.165, 1.54) is 0 Å². The summed E-state index contributed by atoms with van der Waals surface area (Å²) >= 11 is 0. The molecule has 3 atom stereocenters. The van der Waals surface area contributed by atoms with Crippen molar-refractivity contribution in [2.75, 3.05) is 25.5 Å². The maximum absolute atomic E-state index is 13.2. The molecule has 0 heterocycles. The first-order valence-electron chi connectivity index (χ1n) is 12.8. The fraction of sp³-hybridized carbons (Fsp3) is 0.429. The van der Waals surface area contributed by atoms with Crippen molar-refractivity contribution in [3.8, 4) is 0 Å². The quantitative estimate of drug-likeness (QED) is 0.313. The van der Waals surface area contributed by atoms with Gasteiger partial charge in [0.15, 0.2) is 0 Å². The third-order valence-corrected chi connectivity index (χ3v) is 6.56. The number of hydrogen-bond acceptors (Lipinski definition) is 6. The second-order valence-electron chi connectivity index (χ2n) is 9.59. The molecule has 204 valence electrons. The smallest absolute Gasteiger partial charge is 0.407 e. The van der Waals surface area contributed by atoms with Crippen LogP contribution in [0.3, 0.4) is 0 Å². The molecule has 0 unspecified atom stereocenters. The number of carbonyl (C=O) groups is 4. The van der Waals surface area contributed by atoms with Crippen LogP contribution in [0.15, 0.2) is 54.6 Å². The standard InChI is InChI=1S/C28H36N4O6/c1-32(2)21-12-6-11-20(17-21)25(33)31-24(26(34)30-23-14-7-13-22(23)27(35)36)15-8-16-29-28(37)38-18-19-9-4-3-5-10-19/h3-6,9-12,17,22-24H,7-8,13-16,18H2,1-2H3,(H,29,37)(H,30,34)(H,31,33)(H,35,36)/t22-,23-,24+/m1/s1. The zero-order valence-electron chi connectivity index (χ0n) is 21.8. The molecule has 1 aliphatic rings. The highest BCUT2D eigenvalue weighted by Gasteiger charge is 2.35. The van der Waals surface area contributed by atoms with Gasteiger partial charge in [-0.3, -0.25) is 14.4 Å². The lowest BCUT2D eigenvalue weighted by molar-refractivity contribution is -0.142. The number of carboxylic acid groups (broad SMARTS) is 1. The van der Waals surface area contributed by atoms with E-state index in [1.807, 2.05) is 55.4 Å². The molecule has 10 nitrogen and oxygen atoms in total. The fourth-order valence-electron chi connectivity index (χ4n) is 4.42. The number of benzene rings is 2. The number of nitrogens with zero attached hydrogens (tertiary/aromatic N) is 1. The number of nitrogens with one attached hydrogen (secondary N) is 3. The van der Waals surface area contributed by atoms with E-state index in [2.05, 4.69) is 16.0 Å². The number of ether oxygens (including phenoxy) is 1. The molecule has 3 amide bonds. The number of amides is 3. The number of anilines is 1. The van der Waals surface area contributed by atoms with Gasteiger partial charge in [0.25, 0.3) is 5.91 Å². The molecule has 2 aromatic rings. The minimum absolute atomic E-state index is 0.145. The Kier molecular flexibility index (Phi) is 10.5. The molecule has 4 N–H and O–H groups in total. The lowest BCUT2D eigenvalue weighted by Crippen LogP contribution is -2.51. The molecule has 1 saturated carbocycles. The lowest BCUT2D eigenvalue weighted by Gasteiger charge is -2.23. The van der Waals surface area contributed by atoms with Gasteiger partial charge in [0.2, 0.25) is 5.91 Å². The Labute approximate surface area is 222 Å². The molecule has 0 saturated heterocycles. The first-order chi connectivity index (χ1) is 18.2. The zero-order chi connectivity index (χ0) is 27.5. The summed E-state index contributed by atoms with van der Waals surface area (Å²) in [5, 5.41) is 17.7. The minimum atomic E-state index is -0.938. The van der Waals surface area contributed by atoms with Crippen LogP contribution in [-0.4, -0.2) is 61.7 Å². The zero-order valence-corrected chi connectivity index (χ0v) is 21.8. The van der Waals surface area contributed by atoms with Gasteiger partial charge in [0.05, 0.1) is 5.92 Å². The predicted molar refractivity (Wildman–Crippen MR) is 143 cm³/mol. The van der Waals surface area contributed by atoms with Crippen molar-refractivity contribution in [2.24, 2.45) is 5.92 Å². The Morgan fingerprint density at radius 3 is 2.53 bits per heavy atom. The SMILES string of the molecule is CN(C)c1cccc(C(=O)N[C@@H](CCCNC(=O)OCc2ccccc2)C(=O)N[C@@H]2CCC[C@H]2C(=O)O)c1. The fourth-order valence-corrected chi connectivity index (χ4v) is 4.42. The van der Waals surface area contributed by atoms with E-state index >= 15 is 0 Å². The summed E-state index contributed by atoms with van der Waals surface area (Å²) in [5.74, 6) is -2.43. The molecule has 10 heteroatoms. The largest absolute Gasteiger partial charge is 0.481 e. The van der Waals surface area contributed by atoms with Gasteiger partial charge < -0.3 is 30.7 Å². The average molecular weight is 525 g/mol. The maximum Gasteiger partial charge on any atom is 0.407 e. The third-order valence-electron chi connectivity index (χ3n) is 6.56. The maximum atomic E-state index is 13.2. The molecule has 0 radical (unpaired) electrons. The van der Waals surface area contributed by atoms with E-state index in [-0.39, 0.29) is 19.6 Å². The van der Waals surface area contributed by atoms with Crippen molar-refractivity contribution >= 4 is 29.6 Å². The molecular weight excluding hydrogens is 488 g/mol. The number of alkyl carbamates (subject to hydrolysis) is 1. The average Bonchev–Trinajstić information content (AvgIpc) is 3.38. The highest BCUT2D eigenvalue weighted by atomic mass is 16.5. The monoisotopic (exact) mass is 524 g/mol. The first kappa shape index (κ1) is 28.5. The Hall–Kier alpha value is -4.08. The number of hydrogen-bond donors (Lipinski definition) is 4. The third kappa shape index (κ3) is 8.50. The predicted octanol–water partition coefficient (Wildman–Crippen LogP) is 2.93. The molecule has 0 bridgehead atoms. The van der Waals surface area contributed by atoms with Crippen molar-refractivity contribution in [2.45, 2.75) is 50.8 Å². The number of rotatable bonds is 12. The number of aliphatic carboxylic acids is 1. The molecule has 0 spiro atoms. The van der Waals surface area contributed by atoms with Crippen LogP contribution < -0.4 is 20.9 Å². The highest BCUT2D eigenvalue weighted by molar-refractivity contribution is 5.98. The van der Waals surface area contributed by atoms with Crippen LogP contribution in [0, 0.1) is 5.92 Å². The van der Waals surface area contributed by atoms with Gasteiger partial charge in [-0.15, -0.1) is 0 Å². The van der Waals surface area contributed by atoms with Gasteiger partial charge in [-0.1, -0.05) is 42.8 Å². The van der Waals surface area contributed by atoms with Crippen LogP contribution in [-0.2, 0) is 20.9 Å². The topological polar surface area (TPSA) is 137 Å². The van der Waals surface area contributed by atoms with Crippen molar-refractivity contribution < 1.29 is 29.0 Å². The molecule has 1 aliphatic carbocycles. The second-order valence-corrected chi connectivity index (χ2v) is 9.59. The van der Waals surface area contributed by atoms with Gasteiger partial charge in [-0.25, -0.2) is 4.79 Å². The second kappa shape index (κ2) is 14.0. The number of carbonyl (C=O) groups excluding carboxylic acids is 3. The first-order valence-corrected chi connectivity index (χ1v) is 12.8. The Morgan fingerprint density at radius 1 is 1.05 bits per heavy atom. The molecular formula is C28H36N4O6. The Morgan fingerprint density at radius 2 is 1.82 bits per heavy atom. The molecule has 0 aromatic heterocycles. The van der Waals surface area contributed by atoms with Crippen molar-refractivity contribution in [1.29, 1.82) is 0 Å². The summed E-state index contributed by atoms with van der Waals surface area (Å²) in [6.07, 6.45) is 1.85. The van der Waals surface area contributed by atoms with E-state index in [4.69, 9.17) is 4.74 Å². The van der Waals surface area contributed by atoms with Crippen LogP contribution in [0.2, 0.25) is 0 Å².